The average molecular weight is 577 g/mol. The van der Waals surface area contributed by atoms with Gasteiger partial charge < -0.3 is 14.8 Å². The van der Waals surface area contributed by atoms with E-state index in [4.69, 9.17) is 21.1 Å². The van der Waals surface area contributed by atoms with E-state index in [-0.39, 0.29) is 17.9 Å². The molecular formula is C22H18BrClF3N3O5. The van der Waals surface area contributed by atoms with Crippen molar-refractivity contribution in [2.24, 2.45) is 10.5 Å². The average Bonchev–Trinajstić information content (AvgIpc) is 3.21. The van der Waals surface area contributed by atoms with Crippen molar-refractivity contribution < 1.29 is 37.0 Å². The van der Waals surface area contributed by atoms with Gasteiger partial charge in [-0.05, 0) is 43.3 Å². The molecule has 13 heteroatoms. The lowest BCUT2D eigenvalue weighted by Crippen LogP contribution is -2.51. The Bertz CT molecular complexity index is 1190. The molecule has 0 aromatic heterocycles. The smallest absolute Gasteiger partial charge is 0.417 e. The van der Waals surface area contributed by atoms with Gasteiger partial charge in [0.15, 0.2) is 0 Å². The predicted octanol–water partition coefficient (Wildman–Crippen LogP) is 5.10. The maximum atomic E-state index is 13.2. The van der Waals surface area contributed by atoms with Crippen LogP contribution in [-0.2, 0) is 25.2 Å². The number of esters is 2. The molecule has 35 heavy (non-hydrogen) atoms. The highest BCUT2D eigenvalue weighted by Gasteiger charge is 2.59. The van der Waals surface area contributed by atoms with Gasteiger partial charge in [-0.3, -0.25) is 9.59 Å². The van der Waals surface area contributed by atoms with Gasteiger partial charge in [-0.2, -0.15) is 18.3 Å². The summed E-state index contributed by atoms with van der Waals surface area (Å²) in [6.45, 7) is 0.764. The van der Waals surface area contributed by atoms with Gasteiger partial charge in [0.1, 0.15) is 0 Å². The van der Waals surface area contributed by atoms with Crippen molar-refractivity contribution in [3.8, 4) is 0 Å². The quantitative estimate of drug-likeness (QED) is 0.395. The van der Waals surface area contributed by atoms with Crippen LogP contribution in [0.1, 0.15) is 18.1 Å². The standard InChI is InChI=1S/C22H18BrClF3N3O5/c1-3-35-19(32)21(18(31)34-2)11-30(20(33)28-14-7-5-13(23)6-8-14)29-17(21)12-4-9-15(16(24)10-12)22(25,26)27/h4-10H,3,11H2,1-2H3,(H,28,33). The number of nitrogens with one attached hydrogen (secondary N) is 1. The molecule has 1 aliphatic rings. The number of urea groups is 1. The first-order valence-electron chi connectivity index (χ1n) is 10.00. The molecule has 2 aromatic carbocycles. The Labute approximate surface area is 211 Å². The first-order valence-corrected chi connectivity index (χ1v) is 11.2. The highest BCUT2D eigenvalue weighted by atomic mass is 79.9. The minimum atomic E-state index is -4.73. The van der Waals surface area contributed by atoms with Crippen LogP contribution in [0.4, 0.5) is 23.7 Å². The van der Waals surface area contributed by atoms with E-state index >= 15 is 0 Å². The topological polar surface area (TPSA) is 97.3 Å². The highest BCUT2D eigenvalue weighted by molar-refractivity contribution is 9.10. The summed E-state index contributed by atoms with van der Waals surface area (Å²) in [7, 11) is 1.02. The third kappa shape index (κ3) is 5.27. The predicted molar refractivity (Wildman–Crippen MR) is 124 cm³/mol. The summed E-state index contributed by atoms with van der Waals surface area (Å²) >= 11 is 9.13. The Morgan fingerprint density at radius 3 is 2.37 bits per heavy atom. The number of hydrogen-bond acceptors (Lipinski definition) is 6. The van der Waals surface area contributed by atoms with Crippen LogP contribution in [-0.4, -0.2) is 49.0 Å². The Hall–Kier alpha value is -3.12. The second-order valence-corrected chi connectivity index (χ2v) is 8.58. The monoisotopic (exact) mass is 575 g/mol. The summed E-state index contributed by atoms with van der Waals surface area (Å²) in [6.07, 6.45) is -4.73. The van der Waals surface area contributed by atoms with E-state index < -0.39 is 46.7 Å². The van der Waals surface area contributed by atoms with Crippen molar-refractivity contribution in [3.05, 3.63) is 63.1 Å². The van der Waals surface area contributed by atoms with Crippen molar-refractivity contribution in [2.75, 3.05) is 25.6 Å². The number of methoxy groups -OCH3 is 1. The second kappa shape index (κ2) is 10.2. The zero-order valence-electron chi connectivity index (χ0n) is 18.3. The van der Waals surface area contributed by atoms with Gasteiger partial charge in [0.2, 0.25) is 5.41 Å². The maximum Gasteiger partial charge on any atom is 0.417 e. The van der Waals surface area contributed by atoms with E-state index in [1.54, 1.807) is 24.3 Å². The van der Waals surface area contributed by atoms with E-state index in [9.17, 15) is 27.6 Å². The lowest BCUT2D eigenvalue weighted by molar-refractivity contribution is -0.164. The fourth-order valence-corrected chi connectivity index (χ4v) is 3.96. The van der Waals surface area contributed by atoms with E-state index in [0.29, 0.717) is 11.8 Å². The number of ether oxygens (including phenoxy) is 2. The number of alkyl halides is 3. The van der Waals surface area contributed by atoms with Gasteiger partial charge in [0.25, 0.3) is 0 Å². The van der Waals surface area contributed by atoms with Gasteiger partial charge in [-0.25, -0.2) is 9.80 Å². The molecule has 1 atom stereocenters. The fraction of sp³-hybridized carbons (Fsp3) is 0.273. The molecule has 0 saturated carbocycles. The van der Waals surface area contributed by atoms with Crippen LogP contribution in [0.3, 0.4) is 0 Å². The molecule has 3 rings (SSSR count). The summed E-state index contributed by atoms with van der Waals surface area (Å²) in [5.74, 6) is -2.19. The number of halogens is 5. The lowest BCUT2D eigenvalue weighted by atomic mass is 9.80. The summed E-state index contributed by atoms with van der Waals surface area (Å²) in [4.78, 5) is 38.9. The Morgan fingerprint density at radius 1 is 1.17 bits per heavy atom. The number of carbonyl (C=O) groups excluding carboxylic acids is 3. The minimum Gasteiger partial charge on any atom is -0.468 e. The van der Waals surface area contributed by atoms with E-state index in [1.165, 1.54) is 6.92 Å². The van der Waals surface area contributed by atoms with Gasteiger partial charge in [0, 0.05) is 15.7 Å². The van der Waals surface area contributed by atoms with Crippen molar-refractivity contribution in [2.45, 2.75) is 13.1 Å². The molecule has 8 nitrogen and oxygen atoms in total. The molecule has 2 amide bonds. The first kappa shape index (κ1) is 26.5. The molecule has 0 saturated heterocycles. The first-order chi connectivity index (χ1) is 16.4. The van der Waals surface area contributed by atoms with Crippen LogP contribution >= 0.6 is 27.5 Å². The molecule has 0 aliphatic carbocycles. The van der Waals surface area contributed by atoms with Gasteiger partial charge >= 0.3 is 24.1 Å². The number of anilines is 1. The number of carbonyl (C=O) groups is 3. The number of amides is 2. The molecule has 1 aliphatic heterocycles. The molecule has 1 unspecified atom stereocenters. The molecule has 186 valence electrons. The number of hydrogen-bond donors (Lipinski definition) is 1. The molecule has 0 radical (unpaired) electrons. The zero-order chi connectivity index (χ0) is 26.0. The largest absolute Gasteiger partial charge is 0.468 e. The van der Waals surface area contributed by atoms with Crippen LogP contribution in [0.15, 0.2) is 52.0 Å². The van der Waals surface area contributed by atoms with Crippen molar-refractivity contribution in [1.82, 2.24) is 5.01 Å². The normalized spacial score (nSPS) is 17.6. The van der Waals surface area contributed by atoms with E-state index in [2.05, 4.69) is 26.3 Å². The summed E-state index contributed by atoms with van der Waals surface area (Å²) in [5.41, 5.74) is -3.43. The van der Waals surface area contributed by atoms with Crippen molar-refractivity contribution in [3.63, 3.8) is 0 Å². The SMILES string of the molecule is CCOC(=O)C1(C(=O)OC)CN(C(=O)Nc2ccc(Br)cc2)N=C1c1ccc(C(F)(F)F)c(Cl)c1. The molecule has 0 bridgehead atoms. The molecule has 1 N–H and O–H groups in total. The van der Waals surface area contributed by atoms with Crippen LogP contribution in [0.2, 0.25) is 5.02 Å². The van der Waals surface area contributed by atoms with Crippen LogP contribution in [0.25, 0.3) is 0 Å². The number of hydrazone groups is 1. The summed E-state index contributed by atoms with van der Waals surface area (Å²) < 4.78 is 50.3. The van der Waals surface area contributed by atoms with Gasteiger partial charge in [0.05, 0.1) is 36.6 Å². The van der Waals surface area contributed by atoms with Crippen LogP contribution in [0, 0.1) is 5.41 Å². The lowest BCUT2D eigenvalue weighted by Gasteiger charge is -2.26. The van der Waals surface area contributed by atoms with Crippen LogP contribution in [0.5, 0.6) is 0 Å². The highest BCUT2D eigenvalue weighted by Crippen LogP contribution is 2.39. The second-order valence-electron chi connectivity index (χ2n) is 7.25. The van der Waals surface area contributed by atoms with Crippen LogP contribution < -0.4 is 5.32 Å². The molecule has 1 heterocycles. The van der Waals surface area contributed by atoms with Crippen molar-refractivity contribution >= 4 is 56.9 Å². The third-order valence-electron chi connectivity index (χ3n) is 5.05. The fourth-order valence-electron chi connectivity index (χ4n) is 3.41. The number of rotatable bonds is 5. The number of benzene rings is 2. The number of nitrogens with zero attached hydrogens (tertiary/aromatic N) is 2. The van der Waals surface area contributed by atoms with Crippen molar-refractivity contribution in [1.29, 1.82) is 0 Å². The molecule has 0 fully saturated rings. The third-order valence-corrected chi connectivity index (χ3v) is 5.89. The Morgan fingerprint density at radius 2 is 1.83 bits per heavy atom. The Kier molecular flexibility index (Phi) is 7.75. The van der Waals surface area contributed by atoms with E-state index in [1.807, 2.05) is 0 Å². The zero-order valence-corrected chi connectivity index (χ0v) is 20.6. The molecular weight excluding hydrogens is 559 g/mol. The maximum absolute atomic E-state index is 13.2. The van der Waals surface area contributed by atoms with Gasteiger partial charge in [-0.1, -0.05) is 33.6 Å². The molecule has 0 spiro atoms. The van der Waals surface area contributed by atoms with E-state index in [0.717, 1.165) is 28.7 Å². The Balaban J connectivity index is 2.10. The minimum absolute atomic E-state index is 0.0969. The van der Waals surface area contributed by atoms with Gasteiger partial charge in [-0.15, -0.1) is 0 Å². The summed E-state index contributed by atoms with van der Waals surface area (Å²) in [6, 6.07) is 8.34. The molecule has 2 aromatic rings. The summed E-state index contributed by atoms with van der Waals surface area (Å²) in [5, 5.41) is 6.81.